The van der Waals surface area contributed by atoms with Crippen LogP contribution in [0.5, 0.6) is 5.75 Å². The van der Waals surface area contributed by atoms with E-state index < -0.39 is 0 Å². The number of hydrogen-bond acceptors (Lipinski definition) is 3. The lowest BCUT2D eigenvalue weighted by molar-refractivity contribution is -0.130. The van der Waals surface area contributed by atoms with Gasteiger partial charge in [-0.1, -0.05) is 25.1 Å². The van der Waals surface area contributed by atoms with Crippen LogP contribution in [0, 0.1) is 5.92 Å². The Bertz CT molecular complexity index is 407. The highest BCUT2D eigenvalue weighted by Crippen LogP contribution is 2.19. The van der Waals surface area contributed by atoms with Crippen molar-refractivity contribution in [1.29, 1.82) is 0 Å². The van der Waals surface area contributed by atoms with E-state index in [2.05, 4.69) is 6.92 Å². The third-order valence-electron chi connectivity index (χ3n) is 3.28. The number of amides is 1. The molecule has 1 rings (SSSR count). The highest BCUT2D eigenvalue weighted by Gasteiger charge is 2.12. The van der Waals surface area contributed by atoms with Crippen LogP contribution in [0.15, 0.2) is 24.3 Å². The van der Waals surface area contributed by atoms with Crippen LogP contribution in [0.4, 0.5) is 0 Å². The van der Waals surface area contributed by atoms with E-state index in [4.69, 9.17) is 10.5 Å². The molecule has 0 aliphatic heterocycles. The molecular formula is C15H24N2O2. The average Bonchev–Trinajstić information content (AvgIpc) is 2.44. The molecule has 0 heterocycles. The van der Waals surface area contributed by atoms with E-state index in [0.717, 1.165) is 17.7 Å². The van der Waals surface area contributed by atoms with Gasteiger partial charge in [0.1, 0.15) is 5.75 Å². The van der Waals surface area contributed by atoms with Crippen LogP contribution >= 0.6 is 0 Å². The number of methoxy groups -OCH3 is 1. The molecule has 0 aliphatic rings. The molecule has 0 radical (unpaired) electrons. The lowest BCUT2D eigenvalue weighted by atomic mass is 10.1. The summed E-state index contributed by atoms with van der Waals surface area (Å²) in [6.45, 7) is 3.26. The average molecular weight is 264 g/mol. The molecule has 4 heteroatoms. The summed E-state index contributed by atoms with van der Waals surface area (Å²) >= 11 is 0. The smallest absolute Gasteiger partial charge is 0.222 e. The number of nitrogens with two attached hydrogens (primary N) is 1. The number of benzene rings is 1. The van der Waals surface area contributed by atoms with Gasteiger partial charge in [-0.05, 0) is 24.9 Å². The summed E-state index contributed by atoms with van der Waals surface area (Å²) in [5, 5.41) is 0. The van der Waals surface area contributed by atoms with E-state index in [-0.39, 0.29) is 5.91 Å². The second-order valence-electron chi connectivity index (χ2n) is 4.94. The topological polar surface area (TPSA) is 55.6 Å². The van der Waals surface area contributed by atoms with Crippen LogP contribution in [-0.4, -0.2) is 31.5 Å². The van der Waals surface area contributed by atoms with Gasteiger partial charge in [-0.15, -0.1) is 0 Å². The first-order valence-electron chi connectivity index (χ1n) is 6.64. The molecule has 1 aromatic rings. The summed E-state index contributed by atoms with van der Waals surface area (Å²) in [4.78, 5) is 13.7. The predicted molar refractivity (Wildman–Crippen MR) is 76.9 cm³/mol. The van der Waals surface area contributed by atoms with E-state index in [1.165, 1.54) is 0 Å². The van der Waals surface area contributed by atoms with Crippen LogP contribution in [0.2, 0.25) is 0 Å². The fourth-order valence-electron chi connectivity index (χ4n) is 1.86. The fourth-order valence-corrected chi connectivity index (χ4v) is 1.86. The molecule has 0 spiro atoms. The molecule has 2 N–H and O–H groups in total. The highest BCUT2D eigenvalue weighted by molar-refractivity contribution is 5.75. The zero-order chi connectivity index (χ0) is 14.3. The second kappa shape index (κ2) is 7.79. The van der Waals surface area contributed by atoms with Gasteiger partial charge in [-0.25, -0.2) is 0 Å². The largest absolute Gasteiger partial charge is 0.496 e. The van der Waals surface area contributed by atoms with E-state index in [0.29, 0.717) is 25.4 Å². The molecule has 0 bridgehead atoms. The Kier molecular flexibility index (Phi) is 6.36. The molecular weight excluding hydrogens is 240 g/mol. The Balaban J connectivity index is 2.54. The molecule has 19 heavy (non-hydrogen) atoms. The van der Waals surface area contributed by atoms with Gasteiger partial charge >= 0.3 is 0 Å². The van der Waals surface area contributed by atoms with E-state index in [1.807, 2.05) is 31.3 Å². The van der Waals surface area contributed by atoms with Gasteiger partial charge in [0, 0.05) is 25.6 Å². The van der Waals surface area contributed by atoms with Crippen molar-refractivity contribution in [3.8, 4) is 5.75 Å². The van der Waals surface area contributed by atoms with E-state index >= 15 is 0 Å². The van der Waals surface area contributed by atoms with Crippen molar-refractivity contribution in [1.82, 2.24) is 4.90 Å². The van der Waals surface area contributed by atoms with Crippen molar-refractivity contribution in [2.24, 2.45) is 11.7 Å². The number of carbonyl (C=O) groups excluding carboxylic acids is 1. The number of rotatable bonds is 7. The Morgan fingerprint density at radius 1 is 1.42 bits per heavy atom. The van der Waals surface area contributed by atoms with Crippen LogP contribution in [0.1, 0.15) is 25.3 Å². The molecule has 0 saturated heterocycles. The summed E-state index contributed by atoms with van der Waals surface area (Å²) in [6, 6.07) is 7.76. The van der Waals surface area contributed by atoms with Gasteiger partial charge in [0.15, 0.2) is 0 Å². The summed E-state index contributed by atoms with van der Waals surface area (Å²) in [7, 11) is 3.46. The molecule has 1 unspecified atom stereocenters. The number of para-hydroxylation sites is 1. The lowest BCUT2D eigenvalue weighted by Gasteiger charge is -2.19. The molecule has 1 atom stereocenters. The van der Waals surface area contributed by atoms with E-state index in [1.54, 1.807) is 12.0 Å². The van der Waals surface area contributed by atoms with Crippen molar-refractivity contribution < 1.29 is 9.53 Å². The number of ether oxygens (including phenoxy) is 1. The Labute approximate surface area is 115 Å². The molecule has 106 valence electrons. The summed E-state index contributed by atoms with van der Waals surface area (Å²) in [6.07, 6.45) is 1.38. The summed E-state index contributed by atoms with van der Waals surface area (Å²) < 4.78 is 5.29. The molecule has 4 nitrogen and oxygen atoms in total. The van der Waals surface area contributed by atoms with Gasteiger partial charge in [-0.3, -0.25) is 4.79 Å². The van der Waals surface area contributed by atoms with Crippen molar-refractivity contribution in [2.75, 3.05) is 20.7 Å². The van der Waals surface area contributed by atoms with Gasteiger partial charge in [-0.2, -0.15) is 0 Å². The second-order valence-corrected chi connectivity index (χ2v) is 4.94. The Morgan fingerprint density at radius 2 is 2.11 bits per heavy atom. The van der Waals surface area contributed by atoms with E-state index in [9.17, 15) is 4.79 Å². The zero-order valence-electron chi connectivity index (χ0n) is 12.1. The maximum absolute atomic E-state index is 12.0. The highest BCUT2D eigenvalue weighted by atomic mass is 16.5. The third-order valence-corrected chi connectivity index (χ3v) is 3.28. The van der Waals surface area contributed by atoms with Crippen molar-refractivity contribution >= 4 is 5.91 Å². The van der Waals surface area contributed by atoms with Gasteiger partial charge in [0.2, 0.25) is 5.91 Å². The molecule has 0 fully saturated rings. The number of nitrogens with zero attached hydrogens (tertiary/aromatic N) is 1. The Hall–Kier alpha value is -1.55. The lowest BCUT2D eigenvalue weighted by Crippen LogP contribution is -2.27. The van der Waals surface area contributed by atoms with Gasteiger partial charge in [0.25, 0.3) is 0 Å². The van der Waals surface area contributed by atoms with Crippen LogP contribution < -0.4 is 10.5 Å². The van der Waals surface area contributed by atoms with Crippen LogP contribution in [-0.2, 0) is 11.3 Å². The fraction of sp³-hybridized carbons (Fsp3) is 0.533. The maximum Gasteiger partial charge on any atom is 0.222 e. The first-order chi connectivity index (χ1) is 9.08. The maximum atomic E-state index is 12.0. The number of carbonyl (C=O) groups is 1. The quantitative estimate of drug-likeness (QED) is 0.820. The van der Waals surface area contributed by atoms with Crippen LogP contribution in [0.3, 0.4) is 0 Å². The SMILES string of the molecule is COc1ccccc1CN(C)C(=O)CCC(C)CN. The zero-order valence-corrected chi connectivity index (χ0v) is 12.1. The first kappa shape index (κ1) is 15.5. The first-order valence-corrected chi connectivity index (χ1v) is 6.64. The monoisotopic (exact) mass is 264 g/mol. The van der Waals surface area contributed by atoms with Gasteiger partial charge in [0.05, 0.1) is 7.11 Å². The third kappa shape index (κ3) is 4.91. The molecule has 0 saturated carbocycles. The minimum Gasteiger partial charge on any atom is -0.496 e. The van der Waals surface area contributed by atoms with Gasteiger partial charge < -0.3 is 15.4 Å². The predicted octanol–water partition coefficient (Wildman–Crippen LogP) is 2.03. The van der Waals surface area contributed by atoms with Crippen molar-refractivity contribution in [3.63, 3.8) is 0 Å². The standard InChI is InChI=1S/C15H24N2O2/c1-12(10-16)8-9-15(18)17(2)11-13-6-4-5-7-14(13)19-3/h4-7,12H,8-11,16H2,1-3H3. The normalized spacial score (nSPS) is 12.0. The molecule has 1 aromatic carbocycles. The molecule has 0 aromatic heterocycles. The summed E-state index contributed by atoms with van der Waals surface area (Å²) in [5.74, 6) is 1.35. The Morgan fingerprint density at radius 3 is 2.74 bits per heavy atom. The van der Waals surface area contributed by atoms with Crippen molar-refractivity contribution in [2.45, 2.75) is 26.3 Å². The summed E-state index contributed by atoms with van der Waals surface area (Å²) in [5.41, 5.74) is 6.58. The minimum atomic E-state index is 0.145. The number of hydrogen-bond donors (Lipinski definition) is 1. The minimum absolute atomic E-state index is 0.145. The van der Waals surface area contributed by atoms with Crippen LogP contribution in [0.25, 0.3) is 0 Å². The molecule has 1 amide bonds. The van der Waals surface area contributed by atoms with Crippen molar-refractivity contribution in [3.05, 3.63) is 29.8 Å². The molecule has 0 aliphatic carbocycles.